The quantitative estimate of drug-likeness (QED) is 0.813. The van der Waals surface area contributed by atoms with Crippen molar-refractivity contribution in [2.24, 2.45) is 0 Å². The first kappa shape index (κ1) is 18.1. The number of unbranched alkanes of at least 4 members (excludes halogenated alkanes) is 2. The van der Waals surface area contributed by atoms with Gasteiger partial charge >= 0.3 is 0 Å². The smallest absolute Gasteiger partial charge is 0.272 e. The van der Waals surface area contributed by atoms with E-state index in [1.165, 1.54) is 17.3 Å². The second-order valence-corrected chi connectivity index (χ2v) is 6.64. The van der Waals surface area contributed by atoms with Crippen LogP contribution in [0.15, 0.2) is 42.6 Å². The number of carbonyl (C=O) groups is 2. The Balaban J connectivity index is 1.66. The monoisotopic (exact) mass is 351 g/mol. The van der Waals surface area contributed by atoms with Crippen LogP contribution in [0, 0.1) is 0 Å². The molecular weight excluding hydrogens is 326 g/mol. The standard InChI is InChI=1S/C21H25N3O2/c1-2-3-6-11-23-20(25)17-9-12-22-19(14-17)21(26)24-13-10-16-7-4-5-8-18(16)15-24/h4-5,7-9,12,14H,2-3,6,10-11,13,15H2,1H3,(H,23,25). The highest BCUT2D eigenvalue weighted by Crippen LogP contribution is 2.20. The number of carbonyl (C=O) groups excluding carboxylic acids is 2. The lowest BCUT2D eigenvalue weighted by Gasteiger charge is -2.28. The Bertz CT molecular complexity index is 788. The molecule has 1 aliphatic heterocycles. The number of nitrogens with one attached hydrogen (secondary N) is 1. The topological polar surface area (TPSA) is 62.3 Å². The molecule has 0 saturated heterocycles. The number of amides is 2. The zero-order valence-corrected chi connectivity index (χ0v) is 15.2. The van der Waals surface area contributed by atoms with Crippen molar-refractivity contribution < 1.29 is 9.59 Å². The summed E-state index contributed by atoms with van der Waals surface area (Å²) in [7, 11) is 0. The van der Waals surface area contributed by atoms with E-state index in [1.54, 1.807) is 17.0 Å². The summed E-state index contributed by atoms with van der Waals surface area (Å²) >= 11 is 0. The summed E-state index contributed by atoms with van der Waals surface area (Å²) in [5.74, 6) is -0.276. The van der Waals surface area contributed by atoms with Crippen LogP contribution in [0.2, 0.25) is 0 Å². The third-order valence-electron chi connectivity index (χ3n) is 4.72. The van der Waals surface area contributed by atoms with E-state index in [-0.39, 0.29) is 11.8 Å². The van der Waals surface area contributed by atoms with Gasteiger partial charge in [-0.05, 0) is 36.1 Å². The van der Waals surface area contributed by atoms with E-state index in [0.29, 0.717) is 30.9 Å². The van der Waals surface area contributed by atoms with E-state index in [9.17, 15) is 9.59 Å². The van der Waals surface area contributed by atoms with Gasteiger partial charge in [-0.1, -0.05) is 44.0 Å². The van der Waals surface area contributed by atoms with Crippen LogP contribution in [-0.4, -0.2) is 34.8 Å². The fourth-order valence-corrected chi connectivity index (χ4v) is 3.20. The zero-order chi connectivity index (χ0) is 18.4. The molecule has 0 fully saturated rings. The summed E-state index contributed by atoms with van der Waals surface area (Å²) in [5, 5.41) is 2.90. The Morgan fingerprint density at radius 2 is 1.96 bits per heavy atom. The summed E-state index contributed by atoms with van der Waals surface area (Å²) in [6.07, 6.45) is 5.55. The highest BCUT2D eigenvalue weighted by molar-refractivity contribution is 5.98. The molecule has 5 heteroatoms. The number of hydrogen-bond acceptors (Lipinski definition) is 3. The minimum Gasteiger partial charge on any atom is -0.352 e. The largest absolute Gasteiger partial charge is 0.352 e. The zero-order valence-electron chi connectivity index (χ0n) is 15.2. The van der Waals surface area contributed by atoms with Gasteiger partial charge in [0.1, 0.15) is 5.69 Å². The molecule has 5 nitrogen and oxygen atoms in total. The van der Waals surface area contributed by atoms with E-state index < -0.39 is 0 Å². The highest BCUT2D eigenvalue weighted by Gasteiger charge is 2.23. The maximum absolute atomic E-state index is 12.8. The summed E-state index contributed by atoms with van der Waals surface area (Å²) in [5.41, 5.74) is 3.28. The number of fused-ring (bicyclic) bond motifs is 1. The van der Waals surface area contributed by atoms with Gasteiger partial charge in [-0.15, -0.1) is 0 Å². The fourth-order valence-electron chi connectivity index (χ4n) is 3.20. The number of rotatable bonds is 6. The SMILES string of the molecule is CCCCCNC(=O)c1ccnc(C(=O)N2CCc3ccccc3C2)c1. The number of pyridine rings is 1. The maximum Gasteiger partial charge on any atom is 0.272 e. The first-order chi connectivity index (χ1) is 12.7. The van der Waals surface area contributed by atoms with Crippen LogP contribution >= 0.6 is 0 Å². The molecular formula is C21H25N3O2. The molecule has 0 spiro atoms. The van der Waals surface area contributed by atoms with Crippen molar-refractivity contribution in [1.29, 1.82) is 0 Å². The molecule has 0 radical (unpaired) electrons. The molecule has 2 heterocycles. The lowest BCUT2D eigenvalue weighted by Crippen LogP contribution is -2.36. The van der Waals surface area contributed by atoms with Gasteiger partial charge < -0.3 is 10.2 Å². The highest BCUT2D eigenvalue weighted by atomic mass is 16.2. The van der Waals surface area contributed by atoms with Crippen molar-refractivity contribution in [3.05, 3.63) is 65.0 Å². The van der Waals surface area contributed by atoms with E-state index in [4.69, 9.17) is 0 Å². The van der Waals surface area contributed by atoms with Crippen molar-refractivity contribution in [2.45, 2.75) is 39.2 Å². The van der Waals surface area contributed by atoms with Gasteiger partial charge in [-0.25, -0.2) is 0 Å². The van der Waals surface area contributed by atoms with Crippen molar-refractivity contribution in [2.75, 3.05) is 13.1 Å². The number of hydrogen-bond donors (Lipinski definition) is 1. The molecule has 1 aliphatic rings. The summed E-state index contributed by atoms with van der Waals surface area (Å²) in [6.45, 7) is 4.04. The first-order valence-corrected chi connectivity index (χ1v) is 9.29. The molecule has 3 rings (SSSR count). The van der Waals surface area contributed by atoms with Crippen molar-refractivity contribution in [3.8, 4) is 0 Å². The maximum atomic E-state index is 12.8. The fraction of sp³-hybridized carbons (Fsp3) is 0.381. The van der Waals surface area contributed by atoms with Crippen LogP contribution in [0.1, 0.15) is 58.2 Å². The predicted octanol–water partition coefficient (Wildman–Crippen LogP) is 3.20. The number of aromatic nitrogens is 1. The number of nitrogens with zero attached hydrogens (tertiary/aromatic N) is 2. The van der Waals surface area contributed by atoms with E-state index in [2.05, 4.69) is 29.4 Å². The van der Waals surface area contributed by atoms with Crippen LogP contribution < -0.4 is 5.32 Å². The minimum absolute atomic E-state index is 0.125. The van der Waals surface area contributed by atoms with Crippen LogP contribution in [-0.2, 0) is 13.0 Å². The van der Waals surface area contributed by atoms with Crippen molar-refractivity contribution >= 4 is 11.8 Å². The second kappa shape index (κ2) is 8.61. The third kappa shape index (κ3) is 4.28. The Hall–Kier alpha value is -2.69. The van der Waals surface area contributed by atoms with Crippen LogP contribution in [0.3, 0.4) is 0 Å². The first-order valence-electron chi connectivity index (χ1n) is 9.29. The molecule has 1 N–H and O–H groups in total. The Morgan fingerprint density at radius 1 is 1.15 bits per heavy atom. The van der Waals surface area contributed by atoms with Gasteiger partial charge in [0.25, 0.3) is 11.8 Å². The normalized spacial score (nSPS) is 13.2. The molecule has 1 aromatic heterocycles. The molecule has 136 valence electrons. The average Bonchev–Trinajstić information content (AvgIpc) is 2.70. The lowest BCUT2D eigenvalue weighted by molar-refractivity contribution is 0.0728. The lowest BCUT2D eigenvalue weighted by atomic mass is 9.99. The Morgan fingerprint density at radius 3 is 2.77 bits per heavy atom. The Kier molecular flexibility index (Phi) is 6.00. The molecule has 0 atom stereocenters. The molecule has 26 heavy (non-hydrogen) atoms. The predicted molar refractivity (Wildman–Crippen MR) is 101 cm³/mol. The van der Waals surface area contributed by atoms with Crippen molar-refractivity contribution in [3.63, 3.8) is 0 Å². The van der Waals surface area contributed by atoms with Gasteiger partial charge in [-0.3, -0.25) is 14.6 Å². The van der Waals surface area contributed by atoms with Crippen molar-refractivity contribution in [1.82, 2.24) is 15.2 Å². The summed E-state index contributed by atoms with van der Waals surface area (Å²) in [4.78, 5) is 31.1. The minimum atomic E-state index is -0.151. The molecule has 2 amide bonds. The molecule has 0 saturated carbocycles. The van der Waals surface area contributed by atoms with Crippen LogP contribution in [0.5, 0.6) is 0 Å². The molecule has 0 aliphatic carbocycles. The van der Waals surface area contributed by atoms with Gasteiger partial charge in [0, 0.05) is 31.4 Å². The van der Waals surface area contributed by atoms with E-state index in [0.717, 1.165) is 25.7 Å². The van der Waals surface area contributed by atoms with E-state index >= 15 is 0 Å². The molecule has 0 bridgehead atoms. The van der Waals surface area contributed by atoms with Gasteiger partial charge in [0.2, 0.25) is 0 Å². The van der Waals surface area contributed by atoms with Gasteiger partial charge in [0.15, 0.2) is 0 Å². The summed E-state index contributed by atoms with van der Waals surface area (Å²) in [6, 6.07) is 11.4. The summed E-state index contributed by atoms with van der Waals surface area (Å²) < 4.78 is 0. The third-order valence-corrected chi connectivity index (χ3v) is 4.72. The average molecular weight is 351 g/mol. The van der Waals surface area contributed by atoms with Crippen LogP contribution in [0.25, 0.3) is 0 Å². The number of benzene rings is 1. The van der Waals surface area contributed by atoms with Crippen LogP contribution in [0.4, 0.5) is 0 Å². The molecule has 2 aromatic rings. The second-order valence-electron chi connectivity index (χ2n) is 6.64. The van der Waals surface area contributed by atoms with Gasteiger partial charge in [0.05, 0.1) is 0 Å². The molecule has 1 aromatic carbocycles. The Labute approximate surface area is 154 Å². The molecule has 0 unspecified atom stereocenters. The van der Waals surface area contributed by atoms with E-state index in [1.807, 2.05) is 12.1 Å². The van der Waals surface area contributed by atoms with Gasteiger partial charge in [-0.2, -0.15) is 0 Å².